The minimum atomic E-state index is -0.0672. The van der Waals surface area contributed by atoms with Crippen molar-refractivity contribution in [2.45, 2.75) is 44.3 Å². The van der Waals surface area contributed by atoms with Gasteiger partial charge in [-0.25, -0.2) is 9.59 Å². The number of rotatable bonds is 5. The van der Waals surface area contributed by atoms with Crippen molar-refractivity contribution in [2.24, 2.45) is 0 Å². The minimum Gasteiger partial charge on any atom is -0.497 e. The molecule has 1 aliphatic carbocycles. The Balaban J connectivity index is 1.42. The van der Waals surface area contributed by atoms with Crippen LogP contribution in [0.5, 0.6) is 5.75 Å². The van der Waals surface area contributed by atoms with Crippen LogP contribution in [0.3, 0.4) is 0 Å². The summed E-state index contributed by atoms with van der Waals surface area (Å²) in [6.07, 6.45) is 3.94. The molecule has 0 spiro atoms. The van der Waals surface area contributed by atoms with Crippen LogP contribution in [-0.2, 0) is 6.54 Å². The van der Waals surface area contributed by atoms with E-state index in [2.05, 4.69) is 22.8 Å². The number of amides is 4. The Hall–Kier alpha value is -2.96. The summed E-state index contributed by atoms with van der Waals surface area (Å²) in [6.45, 7) is 1.82. The normalized spacial score (nSPS) is 18.7. The lowest BCUT2D eigenvalue weighted by molar-refractivity contribution is 0.116. The number of carbonyl (C=O) groups excluding carboxylic acids is 2. The molecule has 2 N–H and O–H groups in total. The van der Waals surface area contributed by atoms with E-state index in [0.29, 0.717) is 19.1 Å². The first-order chi connectivity index (χ1) is 14.6. The highest BCUT2D eigenvalue weighted by molar-refractivity contribution is 5.84. The number of hydrogen-bond acceptors (Lipinski definition) is 3. The van der Waals surface area contributed by atoms with Gasteiger partial charge in [-0.15, -0.1) is 0 Å². The Kier molecular flexibility index (Phi) is 5.97. The third-order valence-electron chi connectivity index (χ3n) is 6.02. The second kappa shape index (κ2) is 8.81. The summed E-state index contributed by atoms with van der Waals surface area (Å²) in [6, 6.07) is 12.5. The van der Waals surface area contributed by atoms with Gasteiger partial charge in [-0.1, -0.05) is 18.2 Å². The molecule has 2 fully saturated rings. The van der Waals surface area contributed by atoms with Crippen molar-refractivity contribution in [2.75, 3.05) is 27.2 Å². The molecule has 0 unspecified atom stereocenters. The van der Waals surface area contributed by atoms with Crippen molar-refractivity contribution >= 4 is 22.8 Å². The second-order valence-corrected chi connectivity index (χ2v) is 8.14. The molecule has 1 aliphatic heterocycles. The van der Waals surface area contributed by atoms with Crippen molar-refractivity contribution in [3.63, 3.8) is 0 Å². The fraction of sp³-hybridized carbons (Fsp3) is 0.478. The molecule has 7 heteroatoms. The zero-order chi connectivity index (χ0) is 21.1. The third kappa shape index (κ3) is 4.45. The summed E-state index contributed by atoms with van der Waals surface area (Å²) in [4.78, 5) is 28.9. The van der Waals surface area contributed by atoms with Crippen LogP contribution in [0.2, 0.25) is 0 Å². The van der Waals surface area contributed by atoms with Crippen LogP contribution in [0.1, 0.15) is 31.2 Å². The zero-order valence-electron chi connectivity index (χ0n) is 17.7. The van der Waals surface area contributed by atoms with Crippen LogP contribution in [-0.4, -0.2) is 61.2 Å². The highest BCUT2D eigenvalue weighted by Crippen LogP contribution is 2.31. The molecule has 2 aromatic rings. The molecule has 0 aromatic heterocycles. The predicted octanol–water partition coefficient (Wildman–Crippen LogP) is 3.33. The molecule has 0 radical (unpaired) electrons. The molecule has 160 valence electrons. The molecule has 1 saturated heterocycles. The van der Waals surface area contributed by atoms with Gasteiger partial charge in [-0.3, -0.25) is 0 Å². The van der Waals surface area contributed by atoms with Crippen molar-refractivity contribution in [1.29, 1.82) is 0 Å². The van der Waals surface area contributed by atoms with Gasteiger partial charge in [0.05, 0.1) is 13.2 Å². The fourth-order valence-electron chi connectivity index (χ4n) is 4.29. The smallest absolute Gasteiger partial charge is 0.318 e. The van der Waals surface area contributed by atoms with Crippen LogP contribution in [0.25, 0.3) is 10.8 Å². The topological polar surface area (TPSA) is 73.9 Å². The Morgan fingerprint density at radius 2 is 1.90 bits per heavy atom. The van der Waals surface area contributed by atoms with E-state index in [0.717, 1.165) is 54.3 Å². The lowest BCUT2D eigenvalue weighted by Crippen LogP contribution is -2.56. The highest BCUT2D eigenvalue weighted by Gasteiger charge is 2.39. The van der Waals surface area contributed by atoms with E-state index in [4.69, 9.17) is 4.74 Å². The number of urea groups is 2. The second-order valence-electron chi connectivity index (χ2n) is 8.14. The van der Waals surface area contributed by atoms with Crippen LogP contribution >= 0.6 is 0 Å². The third-order valence-corrected chi connectivity index (χ3v) is 6.02. The SMILES string of the molecule is CNC(=O)N1CCC[C@@H](N(C(=O)NCc2ccc3ccc(OC)cc3c2)C2CC2)C1. The van der Waals surface area contributed by atoms with Gasteiger partial charge >= 0.3 is 12.1 Å². The molecule has 4 rings (SSSR count). The fourth-order valence-corrected chi connectivity index (χ4v) is 4.29. The average molecular weight is 411 g/mol. The Bertz CT molecular complexity index is 928. The van der Waals surface area contributed by atoms with E-state index in [-0.39, 0.29) is 18.1 Å². The maximum Gasteiger partial charge on any atom is 0.318 e. The van der Waals surface area contributed by atoms with E-state index in [9.17, 15) is 9.59 Å². The van der Waals surface area contributed by atoms with Crippen molar-refractivity contribution < 1.29 is 14.3 Å². The number of nitrogens with one attached hydrogen (secondary N) is 2. The summed E-state index contributed by atoms with van der Waals surface area (Å²) < 4.78 is 5.32. The Morgan fingerprint density at radius 3 is 2.63 bits per heavy atom. The van der Waals surface area contributed by atoms with E-state index in [1.54, 1.807) is 14.2 Å². The molecular weight excluding hydrogens is 380 g/mol. The molecule has 30 heavy (non-hydrogen) atoms. The molecule has 2 aromatic carbocycles. The molecule has 1 saturated carbocycles. The van der Waals surface area contributed by atoms with Gasteiger partial charge in [0.15, 0.2) is 0 Å². The lowest BCUT2D eigenvalue weighted by Gasteiger charge is -2.39. The van der Waals surface area contributed by atoms with Crippen LogP contribution in [0.4, 0.5) is 9.59 Å². The van der Waals surface area contributed by atoms with Gasteiger partial charge in [0, 0.05) is 32.7 Å². The van der Waals surface area contributed by atoms with Crippen molar-refractivity contribution in [1.82, 2.24) is 20.4 Å². The summed E-state index contributed by atoms with van der Waals surface area (Å²) in [7, 11) is 3.31. The standard InChI is InChI=1S/C23H30N4O3/c1-24-22(28)26-11-3-4-20(15-26)27(19-8-9-19)23(29)25-14-16-5-6-17-7-10-21(30-2)13-18(17)12-16/h5-7,10,12-13,19-20H,3-4,8-9,11,14-15H2,1-2H3,(H,24,28)(H,25,29)/t20-/m1/s1. The molecule has 7 nitrogen and oxygen atoms in total. The maximum absolute atomic E-state index is 13.1. The van der Waals surface area contributed by atoms with Gasteiger partial charge in [0.25, 0.3) is 0 Å². The van der Waals surface area contributed by atoms with Gasteiger partial charge in [-0.05, 0) is 60.2 Å². The number of piperidine rings is 1. The summed E-state index contributed by atoms with van der Waals surface area (Å²) in [5.74, 6) is 0.821. The van der Waals surface area contributed by atoms with Crippen molar-refractivity contribution in [3.05, 3.63) is 42.0 Å². The molecule has 1 atom stereocenters. The summed E-state index contributed by atoms with van der Waals surface area (Å²) in [5.41, 5.74) is 1.05. The zero-order valence-corrected chi connectivity index (χ0v) is 17.7. The van der Waals surface area contributed by atoms with Crippen molar-refractivity contribution in [3.8, 4) is 5.75 Å². The maximum atomic E-state index is 13.1. The quantitative estimate of drug-likeness (QED) is 0.794. The molecule has 4 amide bonds. The highest BCUT2D eigenvalue weighted by atomic mass is 16.5. The summed E-state index contributed by atoms with van der Waals surface area (Å²) >= 11 is 0. The predicted molar refractivity (Wildman–Crippen MR) is 117 cm³/mol. The number of carbonyl (C=O) groups is 2. The lowest BCUT2D eigenvalue weighted by atomic mass is 10.0. The van der Waals surface area contributed by atoms with Crippen LogP contribution in [0, 0.1) is 0 Å². The molecule has 0 bridgehead atoms. The number of ether oxygens (including phenoxy) is 1. The Labute approximate surface area is 177 Å². The first kappa shape index (κ1) is 20.3. The number of hydrogen-bond donors (Lipinski definition) is 2. The van der Waals surface area contributed by atoms with Gasteiger partial charge in [-0.2, -0.15) is 0 Å². The number of likely N-dealkylation sites (tertiary alicyclic amines) is 1. The van der Waals surface area contributed by atoms with E-state index < -0.39 is 0 Å². The van der Waals surface area contributed by atoms with Gasteiger partial charge in [0.2, 0.25) is 0 Å². The molecule has 2 aliphatic rings. The molecule has 1 heterocycles. The number of benzene rings is 2. The van der Waals surface area contributed by atoms with Crippen LogP contribution in [0.15, 0.2) is 36.4 Å². The number of nitrogens with zero attached hydrogens (tertiary/aromatic N) is 2. The van der Waals surface area contributed by atoms with E-state index >= 15 is 0 Å². The molecular formula is C23H30N4O3. The average Bonchev–Trinajstić information content (AvgIpc) is 3.62. The van der Waals surface area contributed by atoms with Crippen LogP contribution < -0.4 is 15.4 Å². The monoisotopic (exact) mass is 410 g/mol. The first-order valence-corrected chi connectivity index (χ1v) is 10.7. The minimum absolute atomic E-state index is 0.0352. The summed E-state index contributed by atoms with van der Waals surface area (Å²) in [5, 5.41) is 8.03. The number of fused-ring (bicyclic) bond motifs is 1. The Morgan fingerprint density at radius 1 is 1.10 bits per heavy atom. The largest absolute Gasteiger partial charge is 0.497 e. The number of methoxy groups -OCH3 is 1. The van der Waals surface area contributed by atoms with E-state index in [1.165, 1.54) is 0 Å². The van der Waals surface area contributed by atoms with E-state index in [1.807, 2.05) is 34.1 Å². The van der Waals surface area contributed by atoms with Gasteiger partial charge < -0.3 is 25.2 Å². The first-order valence-electron chi connectivity index (χ1n) is 10.7. The van der Waals surface area contributed by atoms with Gasteiger partial charge in [0.1, 0.15) is 5.75 Å².